The summed E-state index contributed by atoms with van der Waals surface area (Å²) in [6.07, 6.45) is 4.16. The molecule has 0 atom stereocenters. The van der Waals surface area contributed by atoms with E-state index in [1.165, 1.54) is 0 Å². The highest BCUT2D eigenvalue weighted by Gasteiger charge is 2.15. The molecule has 0 radical (unpaired) electrons. The number of imidazole rings is 1. The maximum atomic E-state index is 13.5. The van der Waals surface area contributed by atoms with Crippen molar-refractivity contribution in [2.45, 2.75) is 6.42 Å². The molecule has 0 saturated carbocycles. The summed E-state index contributed by atoms with van der Waals surface area (Å²) >= 11 is 0. The fourth-order valence-corrected chi connectivity index (χ4v) is 2.20. The van der Waals surface area contributed by atoms with Gasteiger partial charge in [0.1, 0.15) is 5.65 Å². The first-order valence-corrected chi connectivity index (χ1v) is 7.15. The number of nitrogens with one attached hydrogen (secondary N) is 2. The molecule has 0 aliphatic carbocycles. The molecule has 0 bridgehead atoms. The lowest BCUT2D eigenvalue weighted by molar-refractivity contribution is 0.252. The number of carbonyl (C=O) groups excluding carboxylic acids is 1. The fraction of sp³-hybridized carbons (Fsp3) is 0.125. The van der Waals surface area contributed by atoms with Crippen LogP contribution >= 0.6 is 0 Å². The molecule has 3 rings (SSSR count). The molecule has 0 unspecified atom stereocenters. The van der Waals surface area contributed by atoms with Crippen LogP contribution in [-0.2, 0) is 6.42 Å². The van der Waals surface area contributed by atoms with Crippen molar-refractivity contribution >= 4 is 17.4 Å². The zero-order chi connectivity index (χ0) is 17.1. The fourth-order valence-electron chi connectivity index (χ4n) is 2.20. The van der Waals surface area contributed by atoms with E-state index in [1.807, 2.05) is 35.0 Å². The van der Waals surface area contributed by atoms with Crippen molar-refractivity contribution in [1.82, 2.24) is 14.7 Å². The van der Waals surface area contributed by atoms with Gasteiger partial charge in [0, 0.05) is 25.4 Å². The topological polar surface area (TPSA) is 58.4 Å². The molecule has 3 aromatic rings. The second kappa shape index (κ2) is 6.61. The molecule has 0 saturated heterocycles. The van der Waals surface area contributed by atoms with Crippen LogP contribution in [0.5, 0.6) is 0 Å². The third-order valence-corrected chi connectivity index (χ3v) is 3.36. The number of rotatable bonds is 4. The van der Waals surface area contributed by atoms with Crippen molar-refractivity contribution in [3.8, 4) is 0 Å². The molecule has 2 N–H and O–H groups in total. The minimum atomic E-state index is -1.63. The number of nitrogens with zero attached hydrogens (tertiary/aromatic N) is 2. The molecule has 0 spiro atoms. The summed E-state index contributed by atoms with van der Waals surface area (Å²) in [4.78, 5) is 16.1. The number of hydrogen-bond acceptors (Lipinski definition) is 2. The Balaban J connectivity index is 1.55. The van der Waals surface area contributed by atoms with E-state index in [2.05, 4.69) is 15.6 Å². The van der Waals surface area contributed by atoms with E-state index in [-0.39, 0.29) is 6.54 Å². The minimum Gasteiger partial charge on any atom is -0.337 e. The van der Waals surface area contributed by atoms with Gasteiger partial charge in [0.2, 0.25) is 0 Å². The number of pyridine rings is 1. The van der Waals surface area contributed by atoms with E-state index in [1.54, 1.807) is 0 Å². The van der Waals surface area contributed by atoms with E-state index in [0.717, 1.165) is 23.5 Å². The van der Waals surface area contributed by atoms with Gasteiger partial charge in [0.05, 0.1) is 11.4 Å². The number of halogens is 3. The third-order valence-electron chi connectivity index (χ3n) is 3.36. The molecule has 5 nitrogen and oxygen atoms in total. The van der Waals surface area contributed by atoms with Crippen LogP contribution in [0.15, 0.2) is 42.7 Å². The summed E-state index contributed by atoms with van der Waals surface area (Å²) in [5.74, 6) is -4.38. The van der Waals surface area contributed by atoms with Gasteiger partial charge in [-0.25, -0.2) is 22.9 Å². The highest BCUT2D eigenvalue weighted by atomic mass is 19.2. The Hall–Kier alpha value is -3.03. The number of hydrogen-bond donors (Lipinski definition) is 2. The molecule has 24 heavy (non-hydrogen) atoms. The summed E-state index contributed by atoms with van der Waals surface area (Å²) in [6, 6.07) is 6.58. The number of aromatic nitrogens is 2. The SMILES string of the molecule is O=C(NCCc1cn2ccccc2n1)Nc1ccc(F)c(F)c1F. The number of fused-ring (bicyclic) bond motifs is 1. The highest BCUT2D eigenvalue weighted by molar-refractivity contribution is 5.89. The quantitative estimate of drug-likeness (QED) is 0.720. The van der Waals surface area contributed by atoms with Crippen LogP contribution in [0.4, 0.5) is 23.7 Å². The summed E-state index contributed by atoms with van der Waals surface area (Å²) in [7, 11) is 0. The number of anilines is 1. The van der Waals surface area contributed by atoms with Crippen LogP contribution in [0.25, 0.3) is 5.65 Å². The van der Waals surface area contributed by atoms with Crippen molar-refractivity contribution in [2.75, 3.05) is 11.9 Å². The molecule has 2 aromatic heterocycles. The van der Waals surface area contributed by atoms with Gasteiger partial charge in [-0.1, -0.05) is 6.07 Å². The maximum Gasteiger partial charge on any atom is 0.319 e. The first-order valence-electron chi connectivity index (χ1n) is 7.15. The summed E-state index contributed by atoms with van der Waals surface area (Å²) in [5.41, 5.74) is 1.14. The van der Waals surface area contributed by atoms with Crippen LogP contribution in [0.3, 0.4) is 0 Å². The largest absolute Gasteiger partial charge is 0.337 e. The second-order valence-electron chi connectivity index (χ2n) is 5.05. The molecule has 1 aromatic carbocycles. The van der Waals surface area contributed by atoms with Crippen LogP contribution in [-0.4, -0.2) is 22.0 Å². The lowest BCUT2D eigenvalue weighted by atomic mass is 10.3. The van der Waals surface area contributed by atoms with Gasteiger partial charge in [0.25, 0.3) is 0 Å². The summed E-state index contributed by atoms with van der Waals surface area (Å²) in [5, 5.41) is 4.64. The Kier molecular flexibility index (Phi) is 4.37. The first-order chi connectivity index (χ1) is 11.5. The van der Waals surface area contributed by atoms with Crippen LogP contribution in [0.2, 0.25) is 0 Å². The van der Waals surface area contributed by atoms with Crippen LogP contribution in [0, 0.1) is 17.5 Å². The predicted octanol–water partition coefficient (Wildman–Crippen LogP) is 3.12. The summed E-state index contributed by atoms with van der Waals surface area (Å²) < 4.78 is 41.2. The lowest BCUT2D eigenvalue weighted by Crippen LogP contribution is -2.31. The zero-order valence-corrected chi connectivity index (χ0v) is 12.4. The van der Waals surface area contributed by atoms with E-state index >= 15 is 0 Å². The zero-order valence-electron chi connectivity index (χ0n) is 12.4. The Labute approximate surface area is 135 Å². The van der Waals surface area contributed by atoms with Gasteiger partial charge in [-0.15, -0.1) is 0 Å². The molecule has 2 heterocycles. The Morgan fingerprint density at radius 3 is 2.75 bits per heavy atom. The Bertz CT molecular complexity index is 861. The van der Waals surface area contributed by atoms with Gasteiger partial charge in [-0.05, 0) is 24.3 Å². The molecule has 124 valence electrons. The third kappa shape index (κ3) is 3.32. The molecular weight excluding hydrogens is 321 g/mol. The van der Waals surface area contributed by atoms with Crippen molar-refractivity contribution in [3.63, 3.8) is 0 Å². The molecule has 0 aliphatic rings. The number of amides is 2. The highest BCUT2D eigenvalue weighted by Crippen LogP contribution is 2.19. The Morgan fingerprint density at radius 1 is 1.12 bits per heavy atom. The standard InChI is InChI=1S/C16H13F3N4O/c17-11-4-5-12(15(19)14(11)18)22-16(24)20-7-6-10-9-23-8-2-1-3-13(23)21-10/h1-5,8-9H,6-7H2,(H2,20,22,24). The van der Waals surface area contributed by atoms with Crippen molar-refractivity contribution in [2.24, 2.45) is 0 Å². The average molecular weight is 334 g/mol. The Morgan fingerprint density at radius 2 is 1.96 bits per heavy atom. The molecule has 8 heteroatoms. The van der Waals surface area contributed by atoms with Crippen LogP contribution in [0.1, 0.15) is 5.69 Å². The second-order valence-corrected chi connectivity index (χ2v) is 5.05. The van der Waals surface area contributed by atoms with E-state index in [9.17, 15) is 18.0 Å². The number of urea groups is 1. The molecular formula is C16H13F3N4O. The van der Waals surface area contributed by atoms with Gasteiger partial charge in [-0.3, -0.25) is 0 Å². The van der Waals surface area contributed by atoms with Crippen LogP contribution < -0.4 is 10.6 Å². The average Bonchev–Trinajstić information content (AvgIpc) is 2.98. The van der Waals surface area contributed by atoms with E-state index < -0.39 is 29.2 Å². The van der Waals surface area contributed by atoms with E-state index in [4.69, 9.17) is 0 Å². The summed E-state index contributed by atoms with van der Waals surface area (Å²) in [6.45, 7) is 0.251. The monoisotopic (exact) mass is 334 g/mol. The first kappa shape index (κ1) is 15.9. The van der Waals surface area contributed by atoms with E-state index in [0.29, 0.717) is 6.42 Å². The normalized spacial score (nSPS) is 10.8. The van der Waals surface area contributed by atoms with Crippen molar-refractivity contribution in [3.05, 3.63) is 65.9 Å². The van der Waals surface area contributed by atoms with Gasteiger partial charge >= 0.3 is 6.03 Å². The number of carbonyl (C=O) groups is 1. The predicted molar refractivity (Wildman–Crippen MR) is 82.2 cm³/mol. The number of benzene rings is 1. The van der Waals surface area contributed by atoms with Crippen molar-refractivity contribution in [1.29, 1.82) is 0 Å². The van der Waals surface area contributed by atoms with Gasteiger partial charge in [-0.2, -0.15) is 0 Å². The van der Waals surface area contributed by atoms with Gasteiger partial charge < -0.3 is 15.0 Å². The molecule has 2 amide bonds. The lowest BCUT2D eigenvalue weighted by Gasteiger charge is -2.08. The van der Waals surface area contributed by atoms with Gasteiger partial charge in [0.15, 0.2) is 17.5 Å². The molecule has 0 aliphatic heterocycles. The molecule has 0 fully saturated rings. The maximum absolute atomic E-state index is 13.5. The minimum absolute atomic E-state index is 0.251. The van der Waals surface area contributed by atoms with Crippen molar-refractivity contribution < 1.29 is 18.0 Å². The smallest absolute Gasteiger partial charge is 0.319 e.